The van der Waals surface area contributed by atoms with Gasteiger partial charge >= 0.3 is 11.8 Å². The molecule has 2 atom stereocenters. The number of carbonyl (C=O) groups excluding carboxylic acids is 4. The first-order valence-corrected chi connectivity index (χ1v) is 13.2. The third-order valence-corrected chi connectivity index (χ3v) is 8.15. The SMILES string of the molecule is CCCNC(=O)C(=O)N/N=C\C12c3ccccc3C(c3ccccc31)[C@@H]1C(=O)N(c3ccc(C)cc3)C(=O)[C@@H]12. The van der Waals surface area contributed by atoms with Gasteiger partial charge in [-0.15, -0.1) is 0 Å². The maximum Gasteiger partial charge on any atom is 0.329 e. The molecule has 1 heterocycles. The molecule has 0 radical (unpaired) electrons. The highest BCUT2D eigenvalue weighted by Crippen LogP contribution is 2.63. The molecule has 0 spiro atoms. The number of hydrogen-bond donors (Lipinski definition) is 2. The summed E-state index contributed by atoms with van der Waals surface area (Å²) in [6.45, 7) is 4.21. The second-order valence-electron chi connectivity index (χ2n) is 10.3. The Morgan fingerprint density at radius 1 is 0.897 bits per heavy atom. The molecular weight excluding hydrogens is 492 g/mol. The molecule has 39 heavy (non-hydrogen) atoms. The van der Waals surface area contributed by atoms with Gasteiger partial charge in [0.05, 0.1) is 22.9 Å². The first kappa shape index (κ1) is 24.7. The van der Waals surface area contributed by atoms with Crippen LogP contribution in [0.25, 0.3) is 0 Å². The summed E-state index contributed by atoms with van der Waals surface area (Å²) < 4.78 is 0. The van der Waals surface area contributed by atoms with E-state index in [4.69, 9.17) is 0 Å². The van der Waals surface area contributed by atoms with E-state index in [-0.39, 0.29) is 17.7 Å². The minimum Gasteiger partial charge on any atom is -0.348 e. The average Bonchev–Trinajstić information content (AvgIpc) is 3.23. The van der Waals surface area contributed by atoms with Gasteiger partial charge < -0.3 is 5.32 Å². The molecule has 7 rings (SSSR count). The Morgan fingerprint density at radius 2 is 1.51 bits per heavy atom. The number of imide groups is 1. The van der Waals surface area contributed by atoms with Gasteiger partial charge in [0.15, 0.2) is 0 Å². The lowest BCUT2D eigenvalue weighted by molar-refractivity contribution is -0.139. The quantitative estimate of drug-likeness (QED) is 0.233. The molecule has 0 unspecified atom stereocenters. The van der Waals surface area contributed by atoms with Crippen LogP contribution in [0.3, 0.4) is 0 Å². The van der Waals surface area contributed by atoms with Gasteiger partial charge in [0.1, 0.15) is 0 Å². The summed E-state index contributed by atoms with van der Waals surface area (Å²) in [4.78, 5) is 54.2. The third-order valence-electron chi connectivity index (χ3n) is 8.15. The summed E-state index contributed by atoms with van der Waals surface area (Å²) in [6.07, 6.45) is 2.24. The van der Waals surface area contributed by atoms with Crippen molar-refractivity contribution < 1.29 is 19.2 Å². The fourth-order valence-corrected chi connectivity index (χ4v) is 6.56. The third kappa shape index (κ3) is 3.55. The zero-order valence-corrected chi connectivity index (χ0v) is 21.7. The summed E-state index contributed by atoms with van der Waals surface area (Å²) in [6, 6.07) is 22.9. The molecule has 4 aliphatic rings. The van der Waals surface area contributed by atoms with E-state index in [0.717, 1.165) is 27.8 Å². The van der Waals surface area contributed by atoms with Crippen LogP contribution in [-0.2, 0) is 24.6 Å². The predicted molar refractivity (Wildman–Crippen MR) is 146 cm³/mol. The molecule has 196 valence electrons. The number of amides is 4. The smallest absolute Gasteiger partial charge is 0.329 e. The predicted octanol–water partition coefficient (Wildman–Crippen LogP) is 3.17. The van der Waals surface area contributed by atoms with Gasteiger partial charge in [0.25, 0.3) is 0 Å². The average molecular weight is 521 g/mol. The van der Waals surface area contributed by atoms with E-state index < -0.39 is 29.1 Å². The lowest BCUT2D eigenvalue weighted by Gasteiger charge is -2.52. The molecule has 2 N–H and O–H groups in total. The van der Waals surface area contributed by atoms with E-state index in [2.05, 4.69) is 15.8 Å². The number of nitrogens with one attached hydrogen (secondary N) is 2. The minimum absolute atomic E-state index is 0.247. The number of rotatable bonds is 5. The van der Waals surface area contributed by atoms with E-state index in [1.165, 1.54) is 4.90 Å². The highest BCUT2D eigenvalue weighted by atomic mass is 16.2. The van der Waals surface area contributed by atoms with Crippen LogP contribution in [-0.4, -0.2) is 36.4 Å². The topological polar surface area (TPSA) is 108 Å². The van der Waals surface area contributed by atoms with Crippen molar-refractivity contribution in [3.8, 4) is 0 Å². The monoisotopic (exact) mass is 520 g/mol. The minimum atomic E-state index is -1.12. The van der Waals surface area contributed by atoms with Crippen molar-refractivity contribution in [3.63, 3.8) is 0 Å². The molecule has 0 saturated carbocycles. The number of carbonyl (C=O) groups is 4. The van der Waals surface area contributed by atoms with Crippen LogP contribution in [0.5, 0.6) is 0 Å². The van der Waals surface area contributed by atoms with E-state index in [1.807, 2.05) is 74.5 Å². The fraction of sp³-hybridized carbons (Fsp3) is 0.258. The molecule has 3 aromatic rings. The number of hydrogen-bond acceptors (Lipinski definition) is 5. The van der Waals surface area contributed by atoms with Crippen molar-refractivity contribution >= 4 is 35.5 Å². The number of anilines is 1. The van der Waals surface area contributed by atoms with Gasteiger partial charge in [0, 0.05) is 18.7 Å². The molecular formula is C31H28N4O4. The molecule has 3 aromatic carbocycles. The summed E-state index contributed by atoms with van der Waals surface area (Å²) in [7, 11) is 0. The van der Waals surface area contributed by atoms with Crippen LogP contribution < -0.4 is 15.6 Å². The Balaban J connectivity index is 1.51. The second-order valence-corrected chi connectivity index (χ2v) is 10.3. The van der Waals surface area contributed by atoms with Crippen LogP contribution in [0, 0.1) is 18.8 Å². The van der Waals surface area contributed by atoms with Crippen LogP contribution in [0.2, 0.25) is 0 Å². The summed E-state index contributed by atoms with van der Waals surface area (Å²) in [5, 5.41) is 6.78. The van der Waals surface area contributed by atoms with E-state index in [9.17, 15) is 19.2 Å². The van der Waals surface area contributed by atoms with E-state index in [0.29, 0.717) is 18.7 Å². The van der Waals surface area contributed by atoms with Gasteiger partial charge in [-0.05, 0) is 47.7 Å². The van der Waals surface area contributed by atoms with Crippen LogP contribution >= 0.6 is 0 Å². The fourth-order valence-electron chi connectivity index (χ4n) is 6.56. The Labute approximate surface area is 226 Å². The summed E-state index contributed by atoms with van der Waals surface area (Å²) in [5.74, 6) is -3.93. The van der Waals surface area contributed by atoms with E-state index >= 15 is 0 Å². The van der Waals surface area contributed by atoms with Crippen molar-refractivity contribution in [2.45, 2.75) is 31.6 Å². The zero-order valence-electron chi connectivity index (χ0n) is 21.7. The van der Waals surface area contributed by atoms with Crippen molar-refractivity contribution in [1.29, 1.82) is 0 Å². The Morgan fingerprint density at radius 3 is 2.13 bits per heavy atom. The molecule has 1 saturated heterocycles. The van der Waals surface area contributed by atoms with Crippen LogP contribution in [0.4, 0.5) is 5.69 Å². The largest absolute Gasteiger partial charge is 0.348 e. The Kier molecular flexibility index (Phi) is 5.90. The molecule has 8 heteroatoms. The standard InChI is InChI=1S/C31H28N4O4/c1-3-16-32-27(36)28(37)34-33-17-31-22-10-6-4-8-20(22)24(21-9-5-7-11-23(21)31)25-26(31)30(39)35(29(25)38)19-14-12-18(2)13-15-19/h4-15,17,24-26H,3,16H2,1-2H3,(H,32,36)(H,34,37)/b33-17-/t24?,25-,26+,31?/m0/s1. The first-order chi connectivity index (χ1) is 18.9. The van der Waals surface area contributed by atoms with Gasteiger partial charge in [0.2, 0.25) is 11.8 Å². The van der Waals surface area contributed by atoms with Crippen molar-refractivity contribution in [3.05, 3.63) is 101 Å². The number of nitrogens with zero attached hydrogens (tertiary/aromatic N) is 2. The second kappa shape index (κ2) is 9.31. The maximum absolute atomic E-state index is 14.3. The van der Waals surface area contributed by atoms with Gasteiger partial charge in [-0.1, -0.05) is 73.2 Å². The number of aryl methyl sites for hydroxylation is 1. The highest BCUT2D eigenvalue weighted by molar-refractivity contribution is 6.35. The summed E-state index contributed by atoms with van der Waals surface area (Å²) >= 11 is 0. The highest BCUT2D eigenvalue weighted by Gasteiger charge is 2.68. The molecule has 0 aromatic heterocycles. The summed E-state index contributed by atoms with van der Waals surface area (Å²) in [5.41, 5.74) is 6.44. The van der Waals surface area contributed by atoms with Crippen LogP contribution in [0.15, 0.2) is 77.9 Å². The van der Waals surface area contributed by atoms with Crippen molar-refractivity contribution in [2.75, 3.05) is 11.4 Å². The van der Waals surface area contributed by atoms with Gasteiger partial charge in [-0.2, -0.15) is 5.10 Å². The number of benzene rings is 3. The maximum atomic E-state index is 14.3. The van der Waals surface area contributed by atoms with Gasteiger partial charge in [-0.3, -0.25) is 19.2 Å². The van der Waals surface area contributed by atoms with Crippen molar-refractivity contribution in [1.82, 2.24) is 10.7 Å². The molecule has 8 nitrogen and oxygen atoms in total. The Hall–Kier alpha value is -4.59. The van der Waals surface area contributed by atoms with E-state index in [1.54, 1.807) is 18.3 Å². The molecule has 2 bridgehead atoms. The lowest BCUT2D eigenvalue weighted by atomic mass is 9.47. The van der Waals surface area contributed by atoms with Crippen molar-refractivity contribution in [2.24, 2.45) is 16.9 Å². The molecule has 1 aliphatic heterocycles. The normalized spacial score (nSPS) is 24.4. The van der Waals surface area contributed by atoms with Gasteiger partial charge in [-0.25, -0.2) is 10.3 Å². The zero-order chi connectivity index (χ0) is 27.3. The molecule has 1 fully saturated rings. The lowest BCUT2D eigenvalue weighted by Crippen LogP contribution is -2.55. The molecule has 3 aliphatic carbocycles. The number of hydrazone groups is 1. The molecule has 4 amide bonds. The van der Waals surface area contributed by atoms with Crippen LogP contribution in [0.1, 0.15) is 47.1 Å². The first-order valence-electron chi connectivity index (χ1n) is 13.2. The Bertz CT molecular complexity index is 1500.